The molecule has 0 saturated carbocycles. The van der Waals surface area contributed by atoms with Crippen LogP contribution in [0.3, 0.4) is 0 Å². The van der Waals surface area contributed by atoms with Crippen LogP contribution in [0.4, 0.5) is 5.82 Å². The van der Waals surface area contributed by atoms with Gasteiger partial charge in [-0.3, -0.25) is 0 Å². The lowest BCUT2D eigenvalue weighted by Crippen LogP contribution is -2.25. The molecule has 0 saturated heterocycles. The van der Waals surface area contributed by atoms with Crippen LogP contribution in [0, 0.1) is 5.21 Å². The third-order valence-electron chi connectivity index (χ3n) is 3.42. The van der Waals surface area contributed by atoms with E-state index in [2.05, 4.69) is 29.2 Å². The van der Waals surface area contributed by atoms with Gasteiger partial charge in [-0.25, -0.2) is 4.98 Å². The van der Waals surface area contributed by atoms with Crippen molar-refractivity contribution >= 4 is 24.8 Å². The topological polar surface area (TPSA) is 69.2 Å². The standard InChI is InChI=1S/C15H16BN5O/c1-10(2)13-6-14(21-15(19-13)12(16)8-18-21)17-7-11-4-3-5-20(22)9-11/h3-6,8-10,17H,7H2,1-2H3. The summed E-state index contributed by atoms with van der Waals surface area (Å²) >= 11 is 0. The van der Waals surface area contributed by atoms with Crippen LogP contribution in [0.25, 0.3) is 5.65 Å². The van der Waals surface area contributed by atoms with Crippen molar-refractivity contribution in [1.29, 1.82) is 0 Å². The van der Waals surface area contributed by atoms with Gasteiger partial charge in [-0.05, 0) is 17.4 Å². The van der Waals surface area contributed by atoms with Crippen LogP contribution >= 0.6 is 0 Å². The van der Waals surface area contributed by atoms with Gasteiger partial charge >= 0.3 is 0 Å². The third-order valence-corrected chi connectivity index (χ3v) is 3.42. The van der Waals surface area contributed by atoms with E-state index in [0.29, 0.717) is 17.7 Å². The Morgan fingerprint density at radius 3 is 3.00 bits per heavy atom. The van der Waals surface area contributed by atoms with Crippen LogP contribution in [0.1, 0.15) is 31.0 Å². The second-order valence-corrected chi connectivity index (χ2v) is 5.48. The first-order chi connectivity index (χ1) is 10.5. The first kappa shape index (κ1) is 14.4. The number of hydrogen-bond donors (Lipinski definition) is 1. The molecule has 7 heteroatoms. The van der Waals surface area contributed by atoms with Crippen LogP contribution in [0.5, 0.6) is 0 Å². The lowest BCUT2D eigenvalue weighted by atomic mass is 10.0. The maximum atomic E-state index is 11.3. The number of hydrogen-bond acceptors (Lipinski definition) is 4. The summed E-state index contributed by atoms with van der Waals surface area (Å²) in [6.07, 6.45) is 4.58. The van der Waals surface area contributed by atoms with E-state index in [1.807, 2.05) is 12.1 Å². The molecule has 0 amide bonds. The van der Waals surface area contributed by atoms with Crippen molar-refractivity contribution in [3.63, 3.8) is 0 Å². The van der Waals surface area contributed by atoms with E-state index in [1.165, 1.54) is 12.4 Å². The lowest BCUT2D eigenvalue weighted by molar-refractivity contribution is -0.605. The van der Waals surface area contributed by atoms with E-state index in [0.717, 1.165) is 21.8 Å². The van der Waals surface area contributed by atoms with Crippen LogP contribution in [0.15, 0.2) is 36.8 Å². The van der Waals surface area contributed by atoms with Gasteiger partial charge in [-0.15, -0.1) is 0 Å². The molecule has 0 atom stereocenters. The van der Waals surface area contributed by atoms with E-state index in [4.69, 9.17) is 7.85 Å². The van der Waals surface area contributed by atoms with Gasteiger partial charge in [-0.2, -0.15) is 14.3 Å². The van der Waals surface area contributed by atoms with Crippen LogP contribution < -0.4 is 15.5 Å². The zero-order valence-corrected chi connectivity index (χ0v) is 12.5. The predicted octanol–water partition coefficient (Wildman–Crippen LogP) is 0.892. The van der Waals surface area contributed by atoms with Gasteiger partial charge in [0.05, 0.1) is 0 Å². The number of rotatable bonds is 4. The smallest absolute Gasteiger partial charge is 0.185 e. The molecule has 3 aromatic rings. The average molecular weight is 293 g/mol. The second-order valence-electron chi connectivity index (χ2n) is 5.48. The summed E-state index contributed by atoms with van der Waals surface area (Å²) in [5, 5.41) is 18.8. The lowest BCUT2D eigenvalue weighted by Gasteiger charge is -2.12. The fourth-order valence-corrected chi connectivity index (χ4v) is 2.22. The van der Waals surface area contributed by atoms with Crippen molar-refractivity contribution in [2.24, 2.45) is 0 Å². The highest BCUT2D eigenvalue weighted by molar-refractivity contribution is 6.36. The largest absolute Gasteiger partial charge is 0.619 e. The Labute approximate surface area is 129 Å². The summed E-state index contributed by atoms with van der Waals surface area (Å²) < 4.78 is 2.46. The first-order valence-electron chi connectivity index (χ1n) is 7.10. The molecule has 3 heterocycles. The molecule has 1 N–H and O–H groups in total. The van der Waals surface area contributed by atoms with E-state index >= 15 is 0 Å². The van der Waals surface area contributed by atoms with Gasteiger partial charge in [0.1, 0.15) is 19.3 Å². The minimum absolute atomic E-state index is 0.278. The number of fused-ring (bicyclic) bond motifs is 1. The van der Waals surface area contributed by atoms with Gasteiger partial charge in [0, 0.05) is 36.1 Å². The molecule has 0 aliphatic rings. The van der Waals surface area contributed by atoms with Gasteiger partial charge in [-0.1, -0.05) is 13.8 Å². The van der Waals surface area contributed by atoms with Crippen molar-refractivity contribution in [2.75, 3.05) is 5.32 Å². The Kier molecular flexibility index (Phi) is 3.71. The van der Waals surface area contributed by atoms with Crippen molar-refractivity contribution in [3.05, 3.63) is 53.3 Å². The molecule has 3 aromatic heterocycles. The minimum atomic E-state index is 0.278. The van der Waals surface area contributed by atoms with E-state index < -0.39 is 0 Å². The molecule has 0 unspecified atom stereocenters. The van der Waals surface area contributed by atoms with Crippen LogP contribution in [0.2, 0.25) is 0 Å². The monoisotopic (exact) mass is 293 g/mol. The number of pyridine rings is 1. The molecule has 0 bridgehead atoms. The zero-order chi connectivity index (χ0) is 15.7. The average Bonchev–Trinajstić information content (AvgIpc) is 2.86. The minimum Gasteiger partial charge on any atom is -0.619 e. The summed E-state index contributed by atoms with van der Waals surface area (Å²) in [6.45, 7) is 4.67. The van der Waals surface area contributed by atoms with Crippen molar-refractivity contribution in [1.82, 2.24) is 14.6 Å². The Hall–Kier alpha value is -2.57. The SMILES string of the molecule is [B]c1cnn2c(NCc3ccc[n+]([O-])c3)cc(C(C)C)nc12. The number of aromatic nitrogens is 4. The molecule has 6 nitrogen and oxygen atoms in total. The predicted molar refractivity (Wildman–Crippen MR) is 85.2 cm³/mol. The highest BCUT2D eigenvalue weighted by atomic mass is 16.5. The van der Waals surface area contributed by atoms with Crippen molar-refractivity contribution < 1.29 is 4.73 Å². The van der Waals surface area contributed by atoms with E-state index in [9.17, 15) is 5.21 Å². The Morgan fingerprint density at radius 1 is 1.45 bits per heavy atom. The highest BCUT2D eigenvalue weighted by Gasteiger charge is 2.11. The van der Waals surface area contributed by atoms with Crippen LogP contribution in [-0.4, -0.2) is 22.4 Å². The number of anilines is 1. The Morgan fingerprint density at radius 2 is 2.27 bits per heavy atom. The summed E-state index contributed by atoms with van der Waals surface area (Å²) in [6, 6.07) is 5.57. The van der Waals surface area contributed by atoms with Gasteiger partial charge in [0.25, 0.3) is 0 Å². The van der Waals surface area contributed by atoms with Crippen LogP contribution in [-0.2, 0) is 6.54 Å². The van der Waals surface area contributed by atoms with Crippen molar-refractivity contribution in [2.45, 2.75) is 26.3 Å². The maximum absolute atomic E-state index is 11.3. The van der Waals surface area contributed by atoms with E-state index in [1.54, 1.807) is 16.8 Å². The van der Waals surface area contributed by atoms with Gasteiger partial charge in [0.2, 0.25) is 0 Å². The zero-order valence-electron chi connectivity index (χ0n) is 12.5. The maximum Gasteiger partial charge on any atom is 0.185 e. The molecular weight excluding hydrogens is 277 g/mol. The molecule has 3 rings (SSSR count). The van der Waals surface area contributed by atoms with E-state index in [-0.39, 0.29) is 5.92 Å². The van der Waals surface area contributed by atoms with Crippen molar-refractivity contribution in [3.8, 4) is 0 Å². The molecule has 0 aromatic carbocycles. The molecule has 110 valence electrons. The highest BCUT2D eigenvalue weighted by Crippen LogP contribution is 2.18. The molecule has 0 spiro atoms. The third kappa shape index (κ3) is 2.74. The summed E-state index contributed by atoms with van der Waals surface area (Å²) in [7, 11) is 5.92. The quantitative estimate of drug-likeness (QED) is 0.441. The fourth-order valence-electron chi connectivity index (χ4n) is 2.22. The Bertz CT molecular complexity index is 815. The molecule has 2 radical (unpaired) electrons. The molecule has 22 heavy (non-hydrogen) atoms. The number of nitrogens with zero attached hydrogens (tertiary/aromatic N) is 4. The summed E-state index contributed by atoms with van der Waals surface area (Å²) in [4.78, 5) is 4.55. The molecular formula is C15H16BN5O. The normalized spacial score (nSPS) is 11.2. The molecule has 0 aliphatic heterocycles. The van der Waals surface area contributed by atoms with Gasteiger partial charge in [0.15, 0.2) is 12.4 Å². The summed E-state index contributed by atoms with van der Waals surface area (Å²) in [5.41, 5.74) is 3.01. The summed E-state index contributed by atoms with van der Waals surface area (Å²) in [5.74, 6) is 1.08. The second kappa shape index (κ2) is 5.67. The fraction of sp³-hybridized carbons (Fsp3) is 0.267. The van der Waals surface area contributed by atoms with Gasteiger partial charge < -0.3 is 10.5 Å². The Balaban J connectivity index is 1.95. The molecule has 0 aliphatic carbocycles. The molecule has 0 fully saturated rings. The number of nitrogens with one attached hydrogen (secondary N) is 1. The first-order valence-corrected chi connectivity index (χ1v) is 7.10.